The van der Waals surface area contributed by atoms with E-state index in [4.69, 9.17) is 4.74 Å². The summed E-state index contributed by atoms with van der Waals surface area (Å²) < 4.78 is 32.6. The number of hydrogen-bond acceptors (Lipinski definition) is 5. The molecule has 0 saturated carbocycles. The predicted molar refractivity (Wildman–Crippen MR) is 135 cm³/mol. The normalized spacial score (nSPS) is 13.5. The van der Waals surface area contributed by atoms with Gasteiger partial charge in [0.05, 0.1) is 4.90 Å². The Morgan fingerprint density at radius 1 is 0.944 bits per heavy atom. The van der Waals surface area contributed by atoms with E-state index in [1.165, 1.54) is 12.1 Å². The number of amides is 1. The lowest BCUT2D eigenvalue weighted by Crippen LogP contribution is -2.42. The summed E-state index contributed by atoms with van der Waals surface area (Å²) in [7, 11) is -3.69. The number of carbonyl (C=O) groups is 2. The van der Waals surface area contributed by atoms with Crippen LogP contribution in [0.5, 0.6) is 0 Å². The average molecular weight is 509 g/mol. The molecule has 36 heavy (non-hydrogen) atoms. The molecule has 3 aromatic carbocycles. The van der Waals surface area contributed by atoms with E-state index in [0.717, 1.165) is 27.8 Å². The number of fused-ring (bicyclic) bond motifs is 3. The first-order chi connectivity index (χ1) is 17.3. The average Bonchev–Trinajstić information content (AvgIpc) is 3.18. The number of ether oxygens (including phenoxy) is 1. The maximum absolute atomic E-state index is 12.4. The topological polar surface area (TPSA) is 122 Å². The number of alkyl carbamates (subject to hydrolysis) is 1. The van der Waals surface area contributed by atoms with Gasteiger partial charge in [0.25, 0.3) is 0 Å². The number of benzene rings is 3. The Kier molecular flexibility index (Phi) is 7.71. The highest BCUT2D eigenvalue weighted by Gasteiger charge is 2.29. The van der Waals surface area contributed by atoms with Gasteiger partial charge in [-0.3, -0.25) is 0 Å². The number of sulfonamides is 1. The Morgan fingerprint density at radius 2 is 1.53 bits per heavy atom. The number of carboxylic acids is 1. The second kappa shape index (κ2) is 10.9. The Labute approximate surface area is 210 Å². The SMILES string of the molecule is Cc1ccc(S(=O)(=O)NCCC[C@@H](NC(=O)OCC2c3ccccc3-c3ccccc32)C(=O)O)cc1. The summed E-state index contributed by atoms with van der Waals surface area (Å²) in [5, 5.41) is 11.9. The van der Waals surface area contributed by atoms with Crippen molar-refractivity contribution in [2.24, 2.45) is 0 Å². The zero-order chi connectivity index (χ0) is 25.7. The van der Waals surface area contributed by atoms with Gasteiger partial charge in [-0.05, 0) is 54.2 Å². The van der Waals surface area contributed by atoms with Gasteiger partial charge in [-0.25, -0.2) is 22.7 Å². The van der Waals surface area contributed by atoms with E-state index in [2.05, 4.69) is 10.0 Å². The van der Waals surface area contributed by atoms with Crippen molar-refractivity contribution >= 4 is 22.1 Å². The van der Waals surface area contributed by atoms with Crippen LogP contribution in [0, 0.1) is 6.92 Å². The third kappa shape index (κ3) is 5.75. The molecule has 1 atom stereocenters. The van der Waals surface area contributed by atoms with Gasteiger partial charge >= 0.3 is 12.1 Å². The van der Waals surface area contributed by atoms with Crippen LogP contribution < -0.4 is 10.0 Å². The molecule has 0 spiro atoms. The van der Waals surface area contributed by atoms with Crippen LogP contribution in [0.3, 0.4) is 0 Å². The zero-order valence-electron chi connectivity index (χ0n) is 19.8. The second-order valence-electron chi connectivity index (χ2n) is 8.71. The fraction of sp³-hybridized carbons (Fsp3) is 0.259. The van der Waals surface area contributed by atoms with Crippen molar-refractivity contribution in [3.8, 4) is 11.1 Å². The Morgan fingerprint density at radius 3 is 2.11 bits per heavy atom. The molecule has 1 aliphatic carbocycles. The van der Waals surface area contributed by atoms with Crippen LogP contribution in [0.1, 0.15) is 35.4 Å². The number of nitrogens with one attached hydrogen (secondary N) is 2. The van der Waals surface area contributed by atoms with Gasteiger partial charge in [-0.15, -0.1) is 0 Å². The highest BCUT2D eigenvalue weighted by molar-refractivity contribution is 7.89. The summed E-state index contributed by atoms with van der Waals surface area (Å²) >= 11 is 0. The monoisotopic (exact) mass is 508 g/mol. The third-order valence-corrected chi connectivity index (χ3v) is 7.70. The number of aryl methyl sites for hydroxylation is 1. The lowest BCUT2D eigenvalue weighted by Gasteiger charge is -2.17. The molecule has 0 aliphatic heterocycles. The number of carbonyl (C=O) groups excluding carboxylic acids is 1. The van der Waals surface area contributed by atoms with Crippen molar-refractivity contribution in [3.05, 3.63) is 89.5 Å². The quantitative estimate of drug-likeness (QED) is 0.355. The second-order valence-corrected chi connectivity index (χ2v) is 10.5. The molecule has 9 heteroatoms. The van der Waals surface area contributed by atoms with Crippen molar-refractivity contribution in [1.82, 2.24) is 10.0 Å². The van der Waals surface area contributed by atoms with E-state index in [1.807, 2.05) is 55.5 Å². The van der Waals surface area contributed by atoms with E-state index in [0.29, 0.717) is 0 Å². The number of hydrogen-bond donors (Lipinski definition) is 3. The first-order valence-electron chi connectivity index (χ1n) is 11.7. The van der Waals surface area contributed by atoms with Crippen LogP contribution in [-0.2, 0) is 19.6 Å². The highest BCUT2D eigenvalue weighted by Crippen LogP contribution is 2.44. The number of aliphatic carboxylic acids is 1. The summed E-state index contributed by atoms with van der Waals surface area (Å²) in [5.41, 5.74) is 5.25. The fourth-order valence-corrected chi connectivity index (χ4v) is 5.43. The maximum Gasteiger partial charge on any atom is 0.407 e. The number of carboxylic acid groups (broad SMARTS) is 1. The summed E-state index contributed by atoms with van der Waals surface area (Å²) in [5.74, 6) is -1.35. The minimum Gasteiger partial charge on any atom is -0.480 e. The van der Waals surface area contributed by atoms with Gasteiger partial charge in [0.1, 0.15) is 12.6 Å². The molecule has 1 aliphatic rings. The van der Waals surface area contributed by atoms with Crippen molar-refractivity contribution in [2.75, 3.05) is 13.2 Å². The molecular weight excluding hydrogens is 480 g/mol. The van der Waals surface area contributed by atoms with Crippen LogP contribution in [0.4, 0.5) is 4.79 Å². The molecule has 0 unspecified atom stereocenters. The molecule has 0 bridgehead atoms. The van der Waals surface area contributed by atoms with Gasteiger partial charge in [-0.1, -0.05) is 66.2 Å². The van der Waals surface area contributed by atoms with Crippen molar-refractivity contribution in [1.29, 1.82) is 0 Å². The summed E-state index contributed by atoms with van der Waals surface area (Å²) in [4.78, 5) is 24.2. The van der Waals surface area contributed by atoms with Crippen LogP contribution >= 0.6 is 0 Å². The van der Waals surface area contributed by atoms with Crippen LogP contribution in [0.15, 0.2) is 77.7 Å². The van der Waals surface area contributed by atoms with Gasteiger partial charge in [0.15, 0.2) is 0 Å². The van der Waals surface area contributed by atoms with E-state index in [9.17, 15) is 23.1 Å². The van der Waals surface area contributed by atoms with E-state index in [-0.39, 0.29) is 36.8 Å². The fourth-order valence-electron chi connectivity index (χ4n) is 4.35. The van der Waals surface area contributed by atoms with Gasteiger partial charge in [0.2, 0.25) is 10.0 Å². The molecule has 3 N–H and O–H groups in total. The Hall–Kier alpha value is -3.69. The summed E-state index contributed by atoms with van der Waals surface area (Å²) in [6, 6.07) is 21.1. The van der Waals surface area contributed by atoms with Crippen LogP contribution in [0.25, 0.3) is 11.1 Å². The molecule has 4 rings (SSSR count). The smallest absolute Gasteiger partial charge is 0.407 e. The zero-order valence-corrected chi connectivity index (χ0v) is 20.6. The molecule has 0 radical (unpaired) electrons. The molecule has 8 nitrogen and oxygen atoms in total. The van der Waals surface area contributed by atoms with Gasteiger partial charge < -0.3 is 15.2 Å². The van der Waals surface area contributed by atoms with E-state index >= 15 is 0 Å². The molecule has 0 fully saturated rings. The van der Waals surface area contributed by atoms with E-state index in [1.54, 1.807) is 12.1 Å². The molecule has 0 saturated heterocycles. The van der Waals surface area contributed by atoms with E-state index < -0.39 is 28.1 Å². The lowest BCUT2D eigenvalue weighted by molar-refractivity contribution is -0.139. The highest BCUT2D eigenvalue weighted by atomic mass is 32.2. The summed E-state index contributed by atoms with van der Waals surface area (Å²) in [6.07, 6.45) is -0.578. The largest absolute Gasteiger partial charge is 0.480 e. The molecule has 3 aromatic rings. The molecule has 188 valence electrons. The maximum atomic E-state index is 12.4. The molecule has 1 amide bonds. The first-order valence-corrected chi connectivity index (χ1v) is 13.2. The lowest BCUT2D eigenvalue weighted by atomic mass is 9.98. The van der Waals surface area contributed by atoms with Crippen LogP contribution in [-0.4, -0.2) is 44.8 Å². The molecular formula is C27H28N2O6S. The minimum absolute atomic E-state index is 0.0341. The first kappa shape index (κ1) is 25.4. The summed E-state index contributed by atoms with van der Waals surface area (Å²) in [6.45, 7) is 1.97. The Bertz CT molecular complexity index is 1310. The van der Waals surface area contributed by atoms with Crippen molar-refractivity contribution < 1.29 is 27.9 Å². The standard InChI is InChI=1S/C27H28N2O6S/c1-18-12-14-19(15-13-18)36(33,34)28-16-6-11-25(26(30)31)29-27(32)35-17-24-22-9-4-2-7-20(22)21-8-3-5-10-23(21)24/h2-5,7-10,12-15,24-25,28H,6,11,16-17H2,1H3,(H,29,32)(H,30,31)/t25-/m1/s1. The van der Waals surface area contributed by atoms with Crippen molar-refractivity contribution in [3.63, 3.8) is 0 Å². The minimum atomic E-state index is -3.69. The van der Waals surface area contributed by atoms with Gasteiger partial charge in [0, 0.05) is 12.5 Å². The molecule has 0 aromatic heterocycles. The number of rotatable bonds is 10. The third-order valence-electron chi connectivity index (χ3n) is 6.23. The van der Waals surface area contributed by atoms with Crippen molar-refractivity contribution in [2.45, 2.75) is 36.6 Å². The van der Waals surface area contributed by atoms with Crippen LogP contribution in [0.2, 0.25) is 0 Å². The van der Waals surface area contributed by atoms with Gasteiger partial charge in [-0.2, -0.15) is 0 Å². The molecule has 0 heterocycles. The Balaban J connectivity index is 1.29. The predicted octanol–water partition coefficient (Wildman–Crippen LogP) is 4.05.